The van der Waals surface area contributed by atoms with E-state index in [1.54, 1.807) is 0 Å². The summed E-state index contributed by atoms with van der Waals surface area (Å²) in [5, 5.41) is 73.0. The van der Waals surface area contributed by atoms with Gasteiger partial charge in [-0.05, 0) is 6.42 Å². The molecule has 4 aliphatic rings. The number of aliphatic hydroxyl groups excluding tert-OH is 7. The first-order valence-electron chi connectivity index (χ1n) is 13.9. The van der Waals surface area contributed by atoms with Crippen molar-refractivity contribution >= 4 is 0 Å². The lowest BCUT2D eigenvalue weighted by molar-refractivity contribution is -0.306. The molecule has 0 amide bonds. The van der Waals surface area contributed by atoms with Crippen LogP contribution in [0.1, 0.15) is 6.42 Å². The summed E-state index contributed by atoms with van der Waals surface area (Å²) >= 11 is 0. The number of hydrogen-bond donors (Lipinski definition) is 13. The van der Waals surface area contributed by atoms with E-state index in [1.807, 2.05) is 0 Å². The van der Waals surface area contributed by atoms with Gasteiger partial charge in [0.1, 0.15) is 67.1 Å². The molecule has 19 heteroatoms. The van der Waals surface area contributed by atoms with Gasteiger partial charge in [-0.15, -0.1) is 0 Å². The molecule has 42 heavy (non-hydrogen) atoms. The van der Waals surface area contributed by atoms with Crippen LogP contribution in [0.25, 0.3) is 0 Å². The summed E-state index contributed by atoms with van der Waals surface area (Å²) in [4.78, 5) is 0. The second-order valence-corrected chi connectivity index (χ2v) is 11.2. The third-order valence-corrected chi connectivity index (χ3v) is 8.37. The third kappa shape index (κ3) is 6.60. The Balaban J connectivity index is 1.50. The molecule has 0 aromatic carbocycles. The highest BCUT2D eigenvalue weighted by atomic mass is 16.8. The second-order valence-electron chi connectivity index (χ2n) is 11.2. The smallest absolute Gasteiger partial charge is 0.187 e. The molecule has 0 aromatic heterocycles. The summed E-state index contributed by atoms with van der Waals surface area (Å²) in [6, 6.07) is -4.18. The Morgan fingerprint density at radius 1 is 0.524 bits per heavy atom. The van der Waals surface area contributed by atoms with Gasteiger partial charge in [-0.25, -0.2) is 0 Å². The monoisotopic (exact) mass is 614 g/mol. The molecule has 1 aliphatic carbocycles. The van der Waals surface area contributed by atoms with Gasteiger partial charge in [0, 0.05) is 25.2 Å². The Morgan fingerprint density at radius 2 is 0.976 bits per heavy atom. The zero-order valence-corrected chi connectivity index (χ0v) is 22.8. The first-order chi connectivity index (χ1) is 19.8. The van der Waals surface area contributed by atoms with Crippen molar-refractivity contribution in [3.05, 3.63) is 0 Å². The van der Waals surface area contributed by atoms with Crippen molar-refractivity contribution in [1.29, 1.82) is 0 Å². The summed E-state index contributed by atoms with van der Waals surface area (Å²) in [5.74, 6) is 0. The van der Waals surface area contributed by atoms with Crippen LogP contribution in [0.15, 0.2) is 0 Å². The fourth-order valence-electron chi connectivity index (χ4n) is 5.74. The van der Waals surface area contributed by atoms with Crippen molar-refractivity contribution in [2.45, 2.75) is 123 Å². The van der Waals surface area contributed by atoms with E-state index in [9.17, 15) is 35.7 Å². The van der Waals surface area contributed by atoms with E-state index in [0.29, 0.717) is 0 Å². The Bertz CT molecular complexity index is 868. The summed E-state index contributed by atoms with van der Waals surface area (Å²) < 4.78 is 34.6. The van der Waals surface area contributed by atoms with E-state index in [0.717, 1.165) is 0 Å². The molecule has 0 bridgehead atoms. The minimum atomic E-state index is -1.60. The van der Waals surface area contributed by atoms with Crippen LogP contribution in [0.5, 0.6) is 0 Å². The van der Waals surface area contributed by atoms with E-state index in [4.69, 9.17) is 62.8 Å². The van der Waals surface area contributed by atoms with Crippen molar-refractivity contribution in [1.82, 2.24) is 0 Å². The van der Waals surface area contributed by atoms with Crippen molar-refractivity contribution in [3.8, 4) is 0 Å². The van der Waals surface area contributed by atoms with E-state index in [2.05, 4.69) is 0 Å². The summed E-state index contributed by atoms with van der Waals surface area (Å²) in [6.45, 7) is -0.967. The van der Waals surface area contributed by atoms with Gasteiger partial charge in [0.15, 0.2) is 18.9 Å². The van der Waals surface area contributed by atoms with Gasteiger partial charge in [0.2, 0.25) is 0 Å². The van der Waals surface area contributed by atoms with Crippen molar-refractivity contribution in [2.24, 2.45) is 34.4 Å². The second kappa shape index (κ2) is 14.1. The van der Waals surface area contributed by atoms with Crippen molar-refractivity contribution in [3.63, 3.8) is 0 Å². The zero-order chi connectivity index (χ0) is 31.0. The van der Waals surface area contributed by atoms with E-state index >= 15 is 0 Å². The van der Waals surface area contributed by atoms with Crippen LogP contribution in [-0.2, 0) is 28.4 Å². The molecule has 0 spiro atoms. The van der Waals surface area contributed by atoms with Gasteiger partial charge in [0.25, 0.3) is 0 Å². The largest absolute Gasteiger partial charge is 0.394 e. The predicted molar refractivity (Wildman–Crippen MR) is 138 cm³/mol. The highest BCUT2D eigenvalue weighted by Gasteiger charge is 2.54. The maximum atomic E-state index is 11.1. The lowest BCUT2D eigenvalue weighted by Gasteiger charge is -2.47. The van der Waals surface area contributed by atoms with Crippen LogP contribution in [0.2, 0.25) is 0 Å². The normalized spacial score (nSPS) is 53.8. The SMILES string of the molecule is NC[C@@H]1O[C@H](O[C@@H]2[C@@H](O)[C@H](O[C@@H]3[C@@H](O)[C@H](N)C[C@H](N)[C@@H]3O[C@H]3O[C@H](CN)[C@@H](O)[C@H](O)[C@H]3N)O[C@@H]2CO)[C@H](N)[C@@H](O)[C@@H]1O. The van der Waals surface area contributed by atoms with Crippen LogP contribution < -0.4 is 34.4 Å². The van der Waals surface area contributed by atoms with E-state index in [1.165, 1.54) is 0 Å². The molecule has 0 unspecified atom stereocenters. The topological polar surface area (TPSA) is 353 Å². The maximum Gasteiger partial charge on any atom is 0.187 e. The van der Waals surface area contributed by atoms with E-state index in [-0.39, 0.29) is 19.5 Å². The number of aliphatic hydroxyl groups is 7. The lowest BCUT2D eigenvalue weighted by atomic mass is 9.84. The van der Waals surface area contributed by atoms with Crippen molar-refractivity contribution < 1.29 is 64.2 Å². The molecule has 0 aromatic rings. The minimum Gasteiger partial charge on any atom is -0.394 e. The van der Waals surface area contributed by atoms with Gasteiger partial charge in [-0.1, -0.05) is 0 Å². The standard InChI is InChI=1S/C23H46N6O13/c24-2-7-13(32)15(34)10(28)21(37-7)40-18-6(27)1-5(26)12(31)20(18)42-23-17(36)19(9(4-30)39-23)41-22-11(29)16(35)14(33)8(3-25)38-22/h5-23,30-36H,1-4,24-29H2/t5-,6+,7-,8+,9-,10-,11-,12+,13-,14-,15-,16-,17-,18+,19+,20-,21-,22-,23+/m1/s1. The number of rotatable bonds is 9. The average Bonchev–Trinajstić information content (AvgIpc) is 3.27. The predicted octanol–water partition coefficient (Wildman–Crippen LogP) is -8.90. The Kier molecular flexibility index (Phi) is 11.5. The summed E-state index contributed by atoms with van der Waals surface area (Å²) in [6.07, 6.45) is -19.8. The zero-order valence-electron chi connectivity index (χ0n) is 22.8. The van der Waals surface area contributed by atoms with Gasteiger partial charge in [0.05, 0.1) is 24.8 Å². The Labute approximate surface area is 241 Å². The first kappa shape index (κ1) is 34.1. The molecule has 19 N–H and O–H groups in total. The number of nitrogens with two attached hydrogens (primary N) is 6. The van der Waals surface area contributed by atoms with Crippen LogP contribution in [0.4, 0.5) is 0 Å². The van der Waals surface area contributed by atoms with Gasteiger partial charge in [-0.3, -0.25) is 0 Å². The molecular weight excluding hydrogens is 568 g/mol. The average molecular weight is 615 g/mol. The third-order valence-electron chi connectivity index (χ3n) is 8.37. The molecule has 19 atom stereocenters. The van der Waals surface area contributed by atoms with E-state index < -0.39 is 123 Å². The summed E-state index contributed by atoms with van der Waals surface area (Å²) in [7, 11) is 0. The molecule has 19 nitrogen and oxygen atoms in total. The fourth-order valence-corrected chi connectivity index (χ4v) is 5.74. The summed E-state index contributed by atoms with van der Waals surface area (Å²) in [5.41, 5.74) is 35.6. The van der Waals surface area contributed by atoms with Crippen molar-refractivity contribution in [2.75, 3.05) is 19.7 Å². The van der Waals surface area contributed by atoms with Gasteiger partial charge in [-0.2, -0.15) is 0 Å². The molecule has 3 heterocycles. The molecule has 1 saturated carbocycles. The van der Waals surface area contributed by atoms with Gasteiger partial charge >= 0.3 is 0 Å². The van der Waals surface area contributed by atoms with Crippen LogP contribution in [0.3, 0.4) is 0 Å². The molecule has 3 saturated heterocycles. The fraction of sp³-hybridized carbons (Fsp3) is 1.00. The number of ether oxygens (including phenoxy) is 6. The highest BCUT2D eigenvalue weighted by Crippen LogP contribution is 2.34. The Hall–Kier alpha value is -0.760. The Morgan fingerprint density at radius 3 is 1.45 bits per heavy atom. The molecule has 246 valence electrons. The maximum absolute atomic E-state index is 11.1. The molecule has 0 radical (unpaired) electrons. The van der Waals surface area contributed by atoms with Gasteiger partial charge < -0.3 is 98.6 Å². The first-order valence-corrected chi connectivity index (χ1v) is 13.9. The molecule has 4 rings (SSSR count). The van der Waals surface area contributed by atoms with Crippen LogP contribution in [-0.4, -0.2) is 172 Å². The minimum absolute atomic E-state index is 0.0889. The lowest BCUT2D eigenvalue weighted by Crippen LogP contribution is -2.68. The number of hydrogen-bond acceptors (Lipinski definition) is 19. The molecule has 4 fully saturated rings. The highest BCUT2D eigenvalue weighted by molar-refractivity contribution is 5.02. The van der Waals surface area contributed by atoms with Crippen LogP contribution in [0, 0.1) is 0 Å². The van der Waals surface area contributed by atoms with Crippen LogP contribution >= 0.6 is 0 Å². The quantitative estimate of drug-likeness (QED) is 0.115. The molecule has 3 aliphatic heterocycles. The molecular formula is C23H46N6O13.